The highest BCUT2D eigenvalue weighted by atomic mass is 16.2. The number of hydrogen-bond donors (Lipinski definition) is 2. The van der Waals surface area contributed by atoms with Gasteiger partial charge in [-0.1, -0.05) is 18.2 Å². The maximum atomic E-state index is 12.2. The van der Waals surface area contributed by atoms with Crippen LogP contribution in [0.4, 0.5) is 11.4 Å². The number of fused-ring (bicyclic) bond motifs is 1. The summed E-state index contributed by atoms with van der Waals surface area (Å²) in [6, 6.07) is 10.4. The SMILES string of the molecule is Cc1nc2c(NCc3c(C)cccc3C)cc(N3CCCC3=O)cc2[nH]1. The van der Waals surface area contributed by atoms with Gasteiger partial charge in [0.2, 0.25) is 5.91 Å². The number of hydrogen-bond acceptors (Lipinski definition) is 3. The Morgan fingerprint density at radius 1 is 1.19 bits per heavy atom. The zero-order valence-electron chi connectivity index (χ0n) is 15.5. The van der Waals surface area contributed by atoms with E-state index in [9.17, 15) is 4.79 Å². The minimum Gasteiger partial charge on any atom is -0.379 e. The van der Waals surface area contributed by atoms with E-state index in [1.807, 2.05) is 17.9 Å². The minimum absolute atomic E-state index is 0.196. The highest BCUT2D eigenvalue weighted by molar-refractivity contribution is 6.00. The molecule has 1 aromatic heterocycles. The molecule has 5 nitrogen and oxygen atoms in total. The van der Waals surface area contributed by atoms with Crippen LogP contribution in [0.3, 0.4) is 0 Å². The Bertz CT molecular complexity index is 969. The van der Waals surface area contributed by atoms with Crippen molar-refractivity contribution < 1.29 is 4.79 Å². The van der Waals surface area contributed by atoms with Gasteiger partial charge in [0.05, 0.1) is 11.2 Å². The van der Waals surface area contributed by atoms with Gasteiger partial charge < -0.3 is 15.2 Å². The molecular formula is C21H24N4O. The molecule has 0 spiro atoms. The van der Waals surface area contributed by atoms with Crippen molar-refractivity contribution in [1.82, 2.24) is 9.97 Å². The molecule has 2 N–H and O–H groups in total. The second-order valence-electron chi connectivity index (χ2n) is 7.08. The molecule has 2 heterocycles. The summed E-state index contributed by atoms with van der Waals surface area (Å²) in [7, 11) is 0. The van der Waals surface area contributed by atoms with E-state index >= 15 is 0 Å². The van der Waals surface area contributed by atoms with Crippen LogP contribution in [0.2, 0.25) is 0 Å². The zero-order valence-corrected chi connectivity index (χ0v) is 15.5. The van der Waals surface area contributed by atoms with Crippen molar-refractivity contribution in [2.45, 2.75) is 40.2 Å². The third-order valence-electron chi connectivity index (χ3n) is 5.17. The first-order valence-corrected chi connectivity index (χ1v) is 9.12. The molecule has 2 aromatic carbocycles. The Morgan fingerprint density at radius 3 is 2.65 bits per heavy atom. The standard InChI is InChI=1S/C21H24N4O/c1-13-6-4-7-14(2)17(13)12-22-18-10-16(25-9-5-8-20(25)26)11-19-21(18)24-15(3)23-19/h4,6-7,10-11,22H,5,8-9,12H2,1-3H3,(H,23,24). The van der Waals surface area contributed by atoms with E-state index in [4.69, 9.17) is 0 Å². The van der Waals surface area contributed by atoms with Gasteiger partial charge >= 0.3 is 0 Å². The van der Waals surface area contributed by atoms with Gasteiger partial charge in [-0.25, -0.2) is 4.98 Å². The zero-order chi connectivity index (χ0) is 18.3. The third kappa shape index (κ3) is 2.94. The second kappa shape index (κ2) is 6.48. The molecular weight excluding hydrogens is 324 g/mol. The average molecular weight is 348 g/mol. The predicted octanol–water partition coefficient (Wildman–Crippen LogP) is 4.23. The van der Waals surface area contributed by atoms with Crippen molar-refractivity contribution in [2.24, 2.45) is 0 Å². The Hall–Kier alpha value is -2.82. The van der Waals surface area contributed by atoms with Crippen LogP contribution >= 0.6 is 0 Å². The first-order chi connectivity index (χ1) is 12.5. The minimum atomic E-state index is 0.196. The van der Waals surface area contributed by atoms with Gasteiger partial charge in [0, 0.05) is 25.2 Å². The van der Waals surface area contributed by atoms with Crippen molar-refractivity contribution in [2.75, 3.05) is 16.8 Å². The monoisotopic (exact) mass is 348 g/mol. The van der Waals surface area contributed by atoms with Crippen LogP contribution in [0.15, 0.2) is 30.3 Å². The molecule has 5 heteroatoms. The Labute approximate surface area is 153 Å². The van der Waals surface area contributed by atoms with Gasteiger partial charge in [0.15, 0.2) is 0 Å². The number of carbonyl (C=O) groups is 1. The Morgan fingerprint density at radius 2 is 1.96 bits per heavy atom. The fraction of sp³-hybridized carbons (Fsp3) is 0.333. The van der Waals surface area contributed by atoms with E-state index in [0.29, 0.717) is 6.42 Å². The number of nitrogens with zero attached hydrogens (tertiary/aromatic N) is 2. The van der Waals surface area contributed by atoms with Crippen LogP contribution < -0.4 is 10.2 Å². The number of aromatic nitrogens is 2. The van der Waals surface area contributed by atoms with Gasteiger partial charge in [0.1, 0.15) is 11.3 Å². The number of aryl methyl sites for hydroxylation is 3. The number of amides is 1. The van der Waals surface area contributed by atoms with Gasteiger partial charge in [-0.05, 0) is 56.0 Å². The molecule has 1 saturated heterocycles. The van der Waals surface area contributed by atoms with E-state index in [2.05, 4.69) is 53.4 Å². The van der Waals surface area contributed by atoms with Crippen LogP contribution in [0.1, 0.15) is 35.4 Å². The van der Waals surface area contributed by atoms with E-state index in [1.54, 1.807) is 0 Å². The van der Waals surface area contributed by atoms with E-state index < -0.39 is 0 Å². The highest BCUT2D eigenvalue weighted by Gasteiger charge is 2.23. The Kier molecular flexibility index (Phi) is 4.15. The molecule has 0 bridgehead atoms. The van der Waals surface area contributed by atoms with Crippen molar-refractivity contribution in [3.05, 3.63) is 52.8 Å². The molecule has 0 unspecified atom stereocenters. The fourth-order valence-corrected chi connectivity index (χ4v) is 3.75. The van der Waals surface area contributed by atoms with Crippen LogP contribution in [-0.2, 0) is 11.3 Å². The molecule has 4 rings (SSSR count). The molecule has 1 aliphatic heterocycles. The number of benzene rings is 2. The number of imidazole rings is 1. The molecule has 0 atom stereocenters. The van der Waals surface area contributed by atoms with Crippen LogP contribution in [-0.4, -0.2) is 22.4 Å². The van der Waals surface area contributed by atoms with Gasteiger partial charge in [-0.3, -0.25) is 4.79 Å². The molecule has 1 aliphatic rings. The Balaban J connectivity index is 1.72. The molecule has 3 aromatic rings. The second-order valence-corrected chi connectivity index (χ2v) is 7.08. The maximum Gasteiger partial charge on any atom is 0.227 e. The summed E-state index contributed by atoms with van der Waals surface area (Å²) >= 11 is 0. The van der Waals surface area contributed by atoms with Gasteiger partial charge in [0.25, 0.3) is 0 Å². The summed E-state index contributed by atoms with van der Waals surface area (Å²) < 4.78 is 0. The van der Waals surface area contributed by atoms with Crippen molar-refractivity contribution in [3.63, 3.8) is 0 Å². The summed E-state index contributed by atoms with van der Waals surface area (Å²) in [6.45, 7) is 7.75. The lowest BCUT2D eigenvalue weighted by Gasteiger charge is -2.18. The molecule has 0 radical (unpaired) electrons. The lowest BCUT2D eigenvalue weighted by atomic mass is 10.0. The van der Waals surface area contributed by atoms with E-state index in [1.165, 1.54) is 16.7 Å². The molecule has 0 aliphatic carbocycles. The molecule has 134 valence electrons. The predicted molar refractivity (Wildman–Crippen MR) is 106 cm³/mol. The number of carbonyl (C=O) groups excluding carboxylic acids is 1. The normalized spacial score (nSPS) is 14.4. The third-order valence-corrected chi connectivity index (χ3v) is 5.17. The molecule has 0 saturated carbocycles. The van der Waals surface area contributed by atoms with Crippen molar-refractivity contribution in [3.8, 4) is 0 Å². The molecule has 26 heavy (non-hydrogen) atoms. The quantitative estimate of drug-likeness (QED) is 0.742. The summed E-state index contributed by atoms with van der Waals surface area (Å²) in [5, 5.41) is 3.56. The van der Waals surface area contributed by atoms with Crippen LogP contribution in [0.25, 0.3) is 11.0 Å². The first kappa shape index (κ1) is 16.6. The first-order valence-electron chi connectivity index (χ1n) is 9.12. The van der Waals surface area contributed by atoms with E-state index in [0.717, 1.165) is 47.7 Å². The van der Waals surface area contributed by atoms with Gasteiger partial charge in [-0.15, -0.1) is 0 Å². The number of anilines is 2. The van der Waals surface area contributed by atoms with Crippen molar-refractivity contribution in [1.29, 1.82) is 0 Å². The summed E-state index contributed by atoms with van der Waals surface area (Å²) in [6.07, 6.45) is 1.55. The van der Waals surface area contributed by atoms with Crippen LogP contribution in [0.5, 0.6) is 0 Å². The topological polar surface area (TPSA) is 61.0 Å². The number of rotatable bonds is 4. The molecule has 1 amide bonds. The van der Waals surface area contributed by atoms with E-state index in [-0.39, 0.29) is 5.91 Å². The van der Waals surface area contributed by atoms with Crippen molar-refractivity contribution >= 4 is 28.3 Å². The number of aromatic amines is 1. The lowest BCUT2D eigenvalue weighted by Crippen LogP contribution is -2.23. The summed E-state index contributed by atoms with van der Waals surface area (Å²) in [5.41, 5.74) is 7.64. The number of nitrogens with one attached hydrogen (secondary N) is 2. The van der Waals surface area contributed by atoms with Gasteiger partial charge in [-0.2, -0.15) is 0 Å². The molecule has 1 fully saturated rings. The lowest BCUT2D eigenvalue weighted by molar-refractivity contribution is -0.117. The fourth-order valence-electron chi connectivity index (χ4n) is 3.75. The smallest absolute Gasteiger partial charge is 0.227 e. The number of H-pyrrole nitrogens is 1. The largest absolute Gasteiger partial charge is 0.379 e. The average Bonchev–Trinajstić information content (AvgIpc) is 3.18. The highest BCUT2D eigenvalue weighted by Crippen LogP contribution is 2.31. The summed E-state index contributed by atoms with van der Waals surface area (Å²) in [4.78, 5) is 22.0. The summed E-state index contributed by atoms with van der Waals surface area (Å²) in [5.74, 6) is 1.07. The van der Waals surface area contributed by atoms with Crippen LogP contribution in [0, 0.1) is 20.8 Å². The maximum absolute atomic E-state index is 12.2.